The van der Waals surface area contributed by atoms with Gasteiger partial charge >= 0.3 is 0 Å². The fraction of sp³-hybridized carbons (Fsp3) is 0.889. The molecule has 0 saturated carbocycles. The van der Waals surface area contributed by atoms with Crippen LogP contribution in [0.4, 0.5) is 0 Å². The van der Waals surface area contributed by atoms with E-state index in [0.717, 1.165) is 19.5 Å². The van der Waals surface area contributed by atoms with Gasteiger partial charge in [0.15, 0.2) is 0 Å². The summed E-state index contributed by atoms with van der Waals surface area (Å²) in [6, 6.07) is 0.199. The summed E-state index contributed by atoms with van der Waals surface area (Å²) in [4.78, 5) is 10.9. The van der Waals surface area contributed by atoms with Gasteiger partial charge in [0.1, 0.15) is 6.61 Å². The number of hydrogen-bond donors (Lipinski definition) is 2. The summed E-state index contributed by atoms with van der Waals surface area (Å²) >= 11 is 0. The number of rotatable bonds is 0. The lowest BCUT2D eigenvalue weighted by atomic mass is 10.0. The molecule has 2 heterocycles. The third-order valence-electron chi connectivity index (χ3n) is 2.19. The van der Waals surface area contributed by atoms with Crippen molar-refractivity contribution in [2.24, 2.45) is 0 Å². The number of morpholine rings is 1. The summed E-state index contributed by atoms with van der Waals surface area (Å²) in [5.74, 6) is 0.00921. The van der Waals surface area contributed by atoms with E-state index in [2.05, 4.69) is 10.6 Å². The highest BCUT2D eigenvalue weighted by Gasteiger charge is 2.31. The highest BCUT2D eigenvalue weighted by atomic mass is 16.5. The molecule has 2 saturated heterocycles. The Balaban J connectivity index is 0.000000396. The molecular weight excluding hydrogens is 168 g/mol. The summed E-state index contributed by atoms with van der Waals surface area (Å²) in [6.07, 6.45) is 1.25. The van der Waals surface area contributed by atoms with Crippen molar-refractivity contribution >= 4 is 5.91 Å². The second-order valence-electron chi connectivity index (χ2n) is 3.02. The van der Waals surface area contributed by atoms with Gasteiger partial charge in [0, 0.05) is 6.54 Å². The molecule has 0 radical (unpaired) electrons. The van der Waals surface area contributed by atoms with Crippen LogP contribution in [0.1, 0.15) is 20.3 Å². The predicted molar refractivity (Wildman–Crippen MR) is 50.5 cm³/mol. The second kappa shape index (κ2) is 5.19. The summed E-state index contributed by atoms with van der Waals surface area (Å²) in [5, 5.41) is 6.10. The first-order valence-corrected chi connectivity index (χ1v) is 4.98. The van der Waals surface area contributed by atoms with Gasteiger partial charge in [-0.2, -0.15) is 0 Å². The Labute approximate surface area is 79.0 Å². The van der Waals surface area contributed by atoms with E-state index in [1.807, 2.05) is 13.8 Å². The number of piperidine rings is 1. The van der Waals surface area contributed by atoms with E-state index in [1.54, 1.807) is 0 Å². The van der Waals surface area contributed by atoms with E-state index in [1.165, 1.54) is 0 Å². The van der Waals surface area contributed by atoms with Crippen molar-refractivity contribution in [1.82, 2.24) is 10.6 Å². The maximum Gasteiger partial charge on any atom is 0.246 e. The third kappa shape index (κ3) is 2.67. The Morgan fingerprint density at radius 3 is 3.00 bits per heavy atom. The Morgan fingerprint density at radius 2 is 2.23 bits per heavy atom. The van der Waals surface area contributed by atoms with Crippen LogP contribution in [0.15, 0.2) is 0 Å². The quantitative estimate of drug-likeness (QED) is 0.555. The molecule has 0 aromatic heterocycles. The molecule has 0 aromatic carbocycles. The normalized spacial score (nSPS) is 32.3. The molecule has 2 aliphatic heterocycles. The smallest absolute Gasteiger partial charge is 0.246 e. The molecule has 2 aliphatic rings. The third-order valence-corrected chi connectivity index (χ3v) is 2.19. The van der Waals surface area contributed by atoms with Crippen LogP contribution < -0.4 is 10.6 Å². The zero-order valence-corrected chi connectivity index (χ0v) is 8.30. The van der Waals surface area contributed by atoms with Gasteiger partial charge in [0.25, 0.3) is 0 Å². The lowest BCUT2D eigenvalue weighted by molar-refractivity contribution is -0.138. The number of nitrogens with one attached hydrogen (secondary N) is 2. The summed E-state index contributed by atoms with van der Waals surface area (Å²) in [5.41, 5.74) is 0. The first-order chi connectivity index (χ1) is 6.36. The van der Waals surface area contributed by atoms with Crippen LogP contribution in [0.3, 0.4) is 0 Å². The minimum atomic E-state index is 0.00921. The van der Waals surface area contributed by atoms with Crippen LogP contribution in [-0.4, -0.2) is 37.7 Å². The molecule has 2 atom stereocenters. The SMILES string of the molecule is CC.O=C1COC2CCNCC2N1. The minimum Gasteiger partial charge on any atom is -0.366 e. The average molecular weight is 186 g/mol. The molecule has 0 spiro atoms. The fourth-order valence-corrected chi connectivity index (χ4v) is 1.61. The molecule has 2 rings (SSSR count). The molecule has 76 valence electrons. The first kappa shape index (κ1) is 10.5. The van der Waals surface area contributed by atoms with Gasteiger partial charge in [0.05, 0.1) is 12.1 Å². The average Bonchev–Trinajstić information content (AvgIpc) is 2.21. The molecule has 4 heteroatoms. The molecular formula is C9H18N2O2. The Hall–Kier alpha value is -0.610. The van der Waals surface area contributed by atoms with Crippen LogP contribution in [-0.2, 0) is 9.53 Å². The molecule has 0 bridgehead atoms. The van der Waals surface area contributed by atoms with Crippen molar-refractivity contribution in [3.8, 4) is 0 Å². The van der Waals surface area contributed by atoms with Gasteiger partial charge in [-0.05, 0) is 13.0 Å². The largest absolute Gasteiger partial charge is 0.366 e. The van der Waals surface area contributed by atoms with Crippen LogP contribution in [0.2, 0.25) is 0 Å². The van der Waals surface area contributed by atoms with Crippen LogP contribution in [0.5, 0.6) is 0 Å². The van der Waals surface area contributed by atoms with E-state index >= 15 is 0 Å². The van der Waals surface area contributed by atoms with Crippen molar-refractivity contribution in [3.05, 3.63) is 0 Å². The number of carbonyl (C=O) groups excluding carboxylic acids is 1. The lowest BCUT2D eigenvalue weighted by Gasteiger charge is -2.35. The van der Waals surface area contributed by atoms with Crippen molar-refractivity contribution in [2.75, 3.05) is 19.7 Å². The van der Waals surface area contributed by atoms with Crippen molar-refractivity contribution in [3.63, 3.8) is 0 Å². The van der Waals surface area contributed by atoms with Gasteiger partial charge in [-0.25, -0.2) is 0 Å². The predicted octanol–water partition coefficient (Wildman–Crippen LogP) is -0.110. The van der Waals surface area contributed by atoms with Crippen LogP contribution >= 0.6 is 0 Å². The van der Waals surface area contributed by atoms with E-state index in [9.17, 15) is 4.79 Å². The fourth-order valence-electron chi connectivity index (χ4n) is 1.61. The Kier molecular flexibility index (Phi) is 4.18. The molecule has 13 heavy (non-hydrogen) atoms. The highest BCUT2D eigenvalue weighted by molar-refractivity contribution is 5.78. The second-order valence-corrected chi connectivity index (χ2v) is 3.02. The van der Waals surface area contributed by atoms with Gasteiger partial charge in [-0.1, -0.05) is 13.8 Å². The van der Waals surface area contributed by atoms with E-state index < -0.39 is 0 Å². The monoisotopic (exact) mass is 186 g/mol. The molecule has 2 fully saturated rings. The molecule has 1 amide bonds. The van der Waals surface area contributed by atoms with E-state index in [-0.39, 0.29) is 24.7 Å². The molecule has 0 aromatic rings. The van der Waals surface area contributed by atoms with Gasteiger partial charge < -0.3 is 15.4 Å². The number of fused-ring (bicyclic) bond motifs is 1. The van der Waals surface area contributed by atoms with E-state index in [0.29, 0.717) is 0 Å². The Bertz CT molecular complexity index is 173. The van der Waals surface area contributed by atoms with Crippen molar-refractivity contribution < 1.29 is 9.53 Å². The summed E-state index contributed by atoms with van der Waals surface area (Å²) in [6.45, 7) is 6.08. The standard InChI is InChI=1S/C7H12N2O2.C2H6/c10-7-4-11-6-1-2-8-3-5(6)9-7;1-2/h5-6,8H,1-4H2,(H,9,10);1-2H3. The van der Waals surface area contributed by atoms with Gasteiger partial charge in [-0.3, -0.25) is 4.79 Å². The summed E-state index contributed by atoms with van der Waals surface area (Å²) in [7, 11) is 0. The maximum absolute atomic E-state index is 10.9. The van der Waals surface area contributed by atoms with Crippen molar-refractivity contribution in [1.29, 1.82) is 0 Å². The zero-order chi connectivity index (χ0) is 9.68. The Morgan fingerprint density at radius 1 is 1.46 bits per heavy atom. The highest BCUT2D eigenvalue weighted by Crippen LogP contribution is 2.11. The van der Waals surface area contributed by atoms with Crippen LogP contribution in [0.25, 0.3) is 0 Å². The van der Waals surface area contributed by atoms with Crippen molar-refractivity contribution in [2.45, 2.75) is 32.4 Å². The molecule has 4 nitrogen and oxygen atoms in total. The minimum absolute atomic E-state index is 0.00921. The van der Waals surface area contributed by atoms with Gasteiger partial charge in [-0.15, -0.1) is 0 Å². The zero-order valence-electron chi connectivity index (χ0n) is 8.30. The van der Waals surface area contributed by atoms with Crippen LogP contribution in [0, 0.1) is 0 Å². The topological polar surface area (TPSA) is 50.4 Å². The number of amides is 1. The maximum atomic E-state index is 10.9. The van der Waals surface area contributed by atoms with E-state index in [4.69, 9.17) is 4.74 Å². The molecule has 2 N–H and O–H groups in total. The van der Waals surface area contributed by atoms with Gasteiger partial charge in [0.2, 0.25) is 5.91 Å². The molecule has 2 unspecified atom stereocenters. The first-order valence-electron chi connectivity index (χ1n) is 4.98. The number of hydrogen-bond acceptors (Lipinski definition) is 3. The number of ether oxygens (including phenoxy) is 1. The molecule has 0 aliphatic carbocycles. The number of carbonyl (C=O) groups is 1. The lowest BCUT2D eigenvalue weighted by Crippen LogP contribution is -2.59. The summed E-state index contributed by atoms with van der Waals surface area (Å²) < 4.78 is 5.34.